The lowest BCUT2D eigenvalue weighted by molar-refractivity contribution is -0.123. The zero-order valence-corrected chi connectivity index (χ0v) is 16.8. The average Bonchev–Trinajstić information content (AvgIpc) is 3.07. The van der Waals surface area contributed by atoms with E-state index in [-0.39, 0.29) is 24.2 Å². The lowest BCUT2D eigenvalue weighted by atomic mass is 10.2. The molecule has 2 aromatic rings. The fourth-order valence-corrected chi connectivity index (χ4v) is 3.13. The molecule has 0 saturated heterocycles. The van der Waals surface area contributed by atoms with Gasteiger partial charge in [0, 0.05) is 16.1 Å². The molecule has 8 nitrogen and oxygen atoms in total. The minimum absolute atomic E-state index is 0.0588. The molecule has 0 unspecified atom stereocenters. The Morgan fingerprint density at radius 2 is 2.14 bits per heavy atom. The molecule has 9 heteroatoms. The number of hydrogen-bond acceptors (Lipinski definition) is 7. The van der Waals surface area contributed by atoms with Crippen molar-refractivity contribution in [2.75, 3.05) is 18.7 Å². The summed E-state index contributed by atoms with van der Waals surface area (Å²) < 4.78 is 5.24. The van der Waals surface area contributed by atoms with Crippen molar-refractivity contribution in [3.05, 3.63) is 54.1 Å². The molecule has 150 valence electrons. The zero-order valence-electron chi connectivity index (χ0n) is 16.0. The molecule has 0 aromatic heterocycles. The Hall–Kier alpha value is -3.33. The van der Waals surface area contributed by atoms with Gasteiger partial charge in [0.25, 0.3) is 5.91 Å². The minimum Gasteiger partial charge on any atom is -0.496 e. The summed E-state index contributed by atoms with van der Waals surface area (Å²) in [4.78, 5) is 29.6. The van der Waals surface area contributed by atoms with Crippen LogP contribution in [0, 0.1) is 0 Å². The highest BCUT2D eigenvalue weighted by atomic mass is 32.2. The van der Waals surface area contributed by atoms with Crippen LogP contribution in [0.2, 0.25) is 0 Å². The van der Waals surface area contributed by atoms with Crippen LogP contribution in [0.4, 0.5) is 5.69 Å². The van der Waals surface area contributed by atoms with E-state index in [4.69, 9.17) is 4.74 Å². The minimum atomic E-state index is -0.803. The number of anilines is 1. The van der Waals surface area contributed by atoms with Gasteiger partial charge >= 0.3 is 0 Å². The highest BCUT2D eigenvalue weighted by Crippen LogP contribution is 2.19. The molecule has 0 bridgehead atoms. The number of para-hydroxylation sites is 1. The van der Waals surface area contributed by atoms with Gasteiger partial charge in [-0.05, 0) is 36.6 Å². The first-order chi connectivity index (χ1) is 14.1. The number of carbonyl (C=O) groups excluding carboxylic acids is 2. The summed E-state index contributed by atoms with van der Waals surface area (Å²) in [5, 5.41) is 9.43. The van der Waals surface area contributed by atoms with Crippen LogP contribution in [0.1, 0.15) is 12.0 Å². The van der Waals surface area contributed by atoms with Gasteiger partial charge in [0.2, 0.25) is 11.9 Å². The molecule has 0 saturated carbocycles. The van der Waals surface area contributed by atoms with Crippen LogP contribution >= 0.6 is 11.8 Å². The van der Waals surface area contributed by atoms with E-state index in [9.17, 15) is 9.59 Å². The molecule has 3 rings (SSSR count). The van der Waals surface area contributed by atoms with E-state index in [0.717, 1.165) is 10.5 Å². The van der Waals surface area contributed by atoms with Gasteiger partial charge in [-0.25, -0.2) is 10.4 Å². The van der Waals surface area contributed by atoms with Crippen LogP contribution in [0.25, 0.3) is 0 Å². The Morgan fingerprint density at radius 1 is 1.31 bits per heavy atom. The maximum absolute atomic E-state index is 12.3. The molecule has 2 amide bonds. The molecular weight excluding hydrogens is 390 g/mol. The number of nitrogens with zero attached hydrogens (tertiary/aromatic N) is 2. The number of guanidine groups is 1. The van der Waals surface area contributed by atoms with Crippen molar-refractivity contribution in [1.29, 1.82) is 0 Å². The highest BCUT2D eigenvalue weighted by Gasteiger charge is 2.28. The summed E-state index contributed by atoms with van der Waals surface area (Å²) >= 11 is 1.59. The summed E-state index contributed by atoms with van der Waals surface area (Å²) in [6.07, 6.45) is 3.46. The van der Waals surface area contributed by atoms with Gasteiger partial charge in [-0.2, -0.15) is 5.10 Å². The molecule has 0 radical (unpaired) electrons. The van der Waals surface area contributed by atoms with Crippen molar-refractivity contribution >= 4 is 41.4 Å². The number of methoxy groups -OCH3 is 1. The van der Waals surface area contributed by atoms with E-state index in [1.807, 2.05) is 48.7 Å². The number of thioether (sulfide) groups is 1. The summed E-state index contributed by atoms with van der Waals surface area (Å²) in [5.74, 6) is 0.234. The Labute approximate surface area is 172 Å². The van der Waals surface area contributed by atoms with Crippen molar-refractivity contribution in [3.8, 4) is 5.75 Å². The third-order valence-corrected chi connectivity index (χ3v) is 4.80. The van der Waals surface area contributed by atoms with Crippen molar-refractivity contribution in [2.24, 2.45) is 10.1 Å². The Kier molecular flexibility index (Phi) is 6.85. The van der Waals surface area contributed by atoms with Crippen molar-refractivity contribution in [1.82, 2.24) is 10.7 Å². The molecule has 29 heavy (non-hydrogen) atoms. The standard InChI is InChI=1S/C20H21N5O3S/c1-28-17-9-4-3-6-13(17)12-21-25-20-23-16(19(27)24-20)11-18(26)22-14-7-5-8-15(10-14)29-2/h3-10,12,16H,11H2,1-2H3,(H,22,26)(H2,23,24,25,27)/b21-12-/t16-/m1/s1. The highest BCUT2D eigenvalue weighted by molar-refractivity contribution is 7.98. The smallest absolute Gasteiger partial charge is 0.252 e. The SMILES string of the molecule is COc1ccccc1/C=N\NC1=N[C@H](CC(=O)Nc2cccc(SC)c2)C(=O)N1. The first-order valence-electron chi connectivity index (χ1n) is 8.83. The number of amides is 2. The lowest BCUT2D eigenvalue weighted by Gasteiger charge is -2.07. The van der Waals surface area contributed by atoms with Crippen LogP contribution in [0.3, 0.4) is 0 Å². The van der Waals surface area contributed by atoms with Gasteiger partial charge < -0.3 is 10.1 Å². The molecule has 2 aromatic carbocycles. The Morgan fingerprint density at radius 3 is 2.93 bits per heavy atom. The summed E-state index contributed by atoms with van der Waals surface area (Å²) in [6, 6.07) is 14.1. The van der Waals surface area contributed by atoms with Crippen LogP contribution in [-0.4, -0.2) is 43.4 Å². The second-order valence-electron chi connectivity index (χ2n) is 6.08. The fourth-order valence-electron chi connectivity index (χ4n) is 2.67. The van der Waals surface area contributed by atoms with E-state index >= 15 is 0 Å². The van der Waals surface area contributed by atoms with Gasteiger partial charge in [-0.1, -0.05) is 18.2 Å². The normalized spacial score (nSPS) is 15.7. The van der Waals surface area contributed by atoms with Gasteiger partial charge in [0.15, 0.2) is 0 Å². The van der Waals surface area contributed by atoms with E-state index in [2.05, 4.69) is 26.2 Å². The van der Waals surface area contributed by atoms with Crippen LogP contribution in [0.5, 0.6) is 5.75 Å². The number of rotatable bonds is 7. The van der Waals surface area contributed by atoms with Gasteiger partial charge in [-0.15, -0.1) is 11.8 Å². The second kappa shape index (κ2) is 9.74. The fraction of sp³-hybridized carbons (Fsp3) is 0.200. The maximum atomic E-state index is 12.3. The molecule has 3 N–H and O–H groups in total. The summed E-state index contributed by atoms with van der Waals surface area (Å²) in [7, 11) is 1.58. The number of aliphatic imine (C=N–C) groups is 1. The third-order valence-electron chi connectivity index (χ3n) is 4.07. The first kappa shape index (κ1) is 20.4. The number of benzene rings is 2. The molecule has 0 fully saturated rings. The quantitative estimate of drug-likeness (QED) is 0.368. The largest absolute Gasteiger partial charge is 0.496 e. The van der Waals surface area contributed by atoms with E-state index in [1.165, 1.54) is 0 Å². The maximum Gasteiger partial charge on any atom is 0.252 e. The topological polar surface area (TPSA) is 104 Å². The van der Waals surface area contributed by atoms with Gasteiger partial charge in [0.1, 0.15) is 11.8 Å². The molecule has 1 heterocycles. The molecular formula is C20H21N5O3S. The van der Waals surface area contributed by atoms with Crippen molar-refractivity contribution in [3.63, 3.8) is 0 Å². The van der Waals surface area contributed by atoms with Crippen LogP contribution in [-0.2, 0) is 9.59 Å². The lowest BCUT2D eigenvalue weighted by Crippen LogP contribution is -2.35. The monoisotopic (exact) mass is 411 g/mol. The van der Waals surface area contributed by atoms with Gasteiger partial charge in [0.05, 0.1) is 19.7 Å². The third kappa shape index (κ3) is 5.58. The molecule has 0 spiro atoms. The van der Waals surface area contributed by atoms with E-state index in [1.54, 1.807) is 31.2 Å². The van der Waals surface area contributed by atoms with Crippen LogP contribution < -0.4 is 20.8 Å². The number of nitrogens with one attached hydrogen (secondary N) is 3. The number of hydrogen-bond donors (Lipinski definition) is 3. The van der Waals surface area contributed by atoms with Gasteiger partial charge in [-0.3, -0.25) is 14.9 Å². The predicted octanol–water partition coefficient (Wildman–Crippen LogP) is 2.22. The molecule has 1 aliphatic rings. The van der Waals surface area contributed by atoms with Crippen molar-refractivity contribution < 1.29 is 14.3 Å². The first-order valence-corrected chi connectivity index (χ1v) is 10.1. The molecule has 0 aliphatic carbocycles. The number of ether oxygens (including phenoxy) is 1. The summed E-state index contributed by atoms with van der Waals surface area (Å²) in [6.45, 7) is 0. The average molecular weight is 411 g/mol. The van der Waals surface area contributed by atoms with E-state index in [0.29, 0.717) is 11.4 Å². The molecule has 1 atom stereocenters. The van der Waals surface area contributed by atoms with Crippen molar-refractivity contribution in [2.45, 2.75) is 17.4 Å². The molecule has 1 aliphatic heterocycles. The predicted molar refractivity (Wildman–Crippen MR) is 115 cm³/mol. The summed E-state index contributed by atoms with van der Waals surface area (Å²) in [5.41, 5.74) is 4.14. The number of carbonyl (C=O) groups is 2. The second-order valence-corrected chi connectivity index (χ2v) is 6.96. The van der Waals surface area contributed by atoms with Crippen LogP contribution in [0.15, 0.2) is 63.5 Å². The number of hydrazone groups is 1. The van der Waals surface area contributed by atoms with E-state index < -0.39 is 6.04 Å². The Bertz CT molecular complexity index is 961. The Balaban J connectivity index is 1.56. The zero-order chi connectivity index (χ0) is 20.6.